The Morgan fingerprint density at radius 3 is 2.47 bits per heavy atom. The van der Waals surface area contributed by atoms with Crippen LogP contribution in [0.4, 0.5) is 4.79 Å². The van der Waals surface area contributed by atoms with Crippen LogP contribution >= 0.6 is 0 Å². The van der Waals surface area contributed by atoms with Crippen molar-refractivity contribution in [3.05, 3.63) is 0 Å². The first-order chi connectivity index (χ1) is 8.86. The maximum atomic E-state index is 12.2. The molecular formula is C11H23N3O4S. The average molecular weight is 293 g/mol. The van der Waals surface area contributed by atoms with Gasteiger partial charge in [-0.2, -0.15) is 12.7 Å². The Hall–Kier alpha value is -0.860. The molecule has 8 heteroatoms. The molecule has 0 spiro atoms. The number of nitrogens with zero attached hydrogens (tertiary/aromatic N) is 1. The summed E-state index contributed by atoms with van der Waals surface area (Å²) >= 11 is 0. The molecule has 0 unspecified atom stereocenters. The molecule has 1 amide bonds. The molecule has 19 heavy (non-hydrogen) atoms. The summed E-state index contributed by atoms with van der Waals surface area (Å²) in [6.45, 7) is 3.73. The fraction of sp³-hybridized carbons (Fsp3) is 0.909. The van der Waals surface area contributed by atoms with E-state index in [1.807, 2.05) is 4.72 Å². The van der Waals surface area contributed by atoms with E-state index in [1.54, 1.807) is 13.8 Å². The third-order valence-electron chi connectivity index (χ3n) is 2.95. The van der Waals surface area contributed by atoms with E-state index in [1.165, 1.54) is 4.31 Å². The number of nitrogens with one attached hydrogen (secondary N) is 1. The number of carbonyl (C=O) groups excluding carboxylic acids is 1. The van der Waals surface area contributed by atoms with Crippen LogP contribution in [0.5, 0.6) is 0 Å². The predicted octanol–water partition coefficient (Wildman–Crippen LogP) is 0.569. The number of hydrogen-bond donors (Lipinski definition) is 2. The van der Waals surface area contributed by atoms with Crippen LogP contribution in [0.3, 0.4) is 0 Å². The van der Waals surface area contributed by atoms with Gasteiger partial charge in [0, 0.05) is 19.1 Å². The summed E-state index contributed by atoms with van der Waals surface area (Å²) in [4.78, 5) is 11.4. The van der Waals surface area contributed by atoms with Gasteiger partial charge in [0.1, 0.15) is 0 Å². The zero-order valence-corrected chi connectivity index (χ0v) is 12.3. The Morgan fingerprint density at radius 1 is 1.42 bits per heavy atom. The molecule has 1 fully saturated rings. The van der Waals surface area contributed by atoms with Gasteiger partial charge in [0.05, 0.1) is 6.10 Å². The zero-order valence-electron chi connectivity index (χ0n) is 11.5. The third-order valence-corrected chi connectivity index (χ3v) is 4.47. The fourth-order valence-electron chi connectivity index (χ4n) is 2.22. The minimum absolute atomic E-state index is 0.0760. The first-order valence-electron chi connectivity index (χ1n) is 6.57. The SMILES string of the molecule is CC(C)OC(=O)NS(=O)(=O)N(CCN)C1CCCC1. The maximum absolute atomic E-state index is 12.2. The molecule has 1 aliphatic carbocycles. The van der Waals surface area contributed by atoms with E-state index in [2.05, 4.69) is 0 Å². The summed E-state index contributed by atoms with van der Waals surface area (Å²) < 4.78 is 32.3. The Bertz CT molecular complexity index is 391. The van der Waals surface area contributed by atoms with E-state index >= 15 is 0 Å². The largest absolute Gasteiger partial charge is 0.446 e. The standard InChI is InChI=1S/C11H23N3O4S/c1-9(2)18-11(15)13-19(16,17)14(8-7-12)10-5-3-4-6-10/h9-10H,3-8,12H2,1-2H3,(H,13,15). The molecule has 0 saturated heterocycles. The topological polar surface area (TPSA) is 102 Å². The lowest BCUT2D eigenvalue weighted by atomic mass is 10.2. The number of hydrogen-bond acceptors (Lipinski definition) is 5. The van der Waals surface area contributed by atoms with Crippen molar-refractivity contribution in [2.75, 3.05) is 13.1 Å². The highest BCUT2D eigenvalue weighted by Crippen LogP contribution is 2.24. The van der Waals surface area contributed by atoms with Gasteiger partial charge < -0.3 is 10.5 Å². The van der Waals surface area contributed by atoms with Gasteiger partial charge in [-0.3, -0.25) is 0 Å². The summed E-state index contributed by atoms with van der Waals surface area (Å²) in [6.07, 6.45) is 2.29. The minimum Gasteiger partial charge on any atom is -0.446 e. The molecule has 1 aliphatic rings. The van der Waals surface area contributed by atoms with Crippen LogP contribution in [0.2, 0.25) is 0 Å². The lowest BCUT2D eigenvalue weighted by Gasteiger charge is -2.27. The molecule has 0 aromatic rings. The molecule has 1 rings (SSSR count). The van der Waals surface area contributed by atoms with Crippen molar-refractivity contribution >= 4 is 16.3 Å². The van der Waals surface area contributed by atoms with Gasteiger partial charge in [0.2, 0.25) is 0 Å². The van der Waals surface area contributed by atoms with Gasteiger partial charge >= 0.3 is 16.3 Å². The third kappa shape index (κ3) is 4.96. The van der Waals surface area contributed by atoms with Crippen molar-refractivity contribution < 1.29 is 17.9 Å². The van der Waals surface area contributed by atoms with Crippen LogP contribution < -0.4 is 10.5 Å². The van der Waals surface area contributed by atoms with Gasteiger partial charge in [-0.25, -0.2) is 9.52 Å². The predicted molar refractivity (Wildman–Crippen MR) is 71.7 cm³/mol. The van der Waals surface area contributed by atoms with E-state index in [0.29, 0.717) is 0 Å². The van der Waals surface area contributed by atoms with Crippen molar-refractivity contribution in [1.82, 2.24) is 9.03 Å². The molecule has 1 saturated carbocycles. The molecule has 0 aliphatic heterocycles. The van der Waals surface area contributed by atoms with Crippen LogP contribution in [0.25, 0.3) is 0 Å². The normalized spacial score (nSPS) is 17.1. The molecule has 0 aromatic carbocycles. The van der Waals surface area contributed by atoms with Gasteiger partial charge in [0.15, 0.2) is 0 Å². The summed E-state index contributed by atoms with van der Waals surface area (Å²) in [5.74, 6) is 0. The van der Waals surface area contributed by atoms with E-state index in [9.17, 15) is 13.2 Å². The fourth-order valence-corrected chi connectivity index (χ4v) is 3.55. The lowest BCUT2D eigenvalue weighted by Crippen LogP contribution is -2.49. The van der Waals surface area contributed by atoms with Crippen LogP contribution in [0.15, 0.2) is 0 Å². The van der Waals surface area contributed by atoms with Crippen LogP contribution in [0, 0.1) is 0 Å². The molecule has 3 N–H and O–H groups in total. The second kappa shape index (κ2) is 7.06. The van der Waals surface area contributed by atoms with Crippen molar-refractivity contribution in [2.45, 2.75) is 51.7 Å². The van der Waals surface area contributed by atoms with Crippen LogP contribution in [0.1, 0.15) is 39.5 Å². The summed E-state index contributed by atoms with van der Waals surface area (Å²) in [6, 6.07) is -0.0760. The molecule has 0 heterocycles. The molecule has 0 bridgehead atoms. The van der Waals surface area contributed by atoms with Crippen molar-refractivity contribution in [3.63, 3.8) is 0 Å². The van der Waals surface area contributed by atoms with Crippen molar-refractivity contribution in [1.29, 1.82) is 0 Å². The molecule has 0 atom stereocenters. The Kier molecular flexibility index (Phi) is 6.02. The Morgan fingerprint density at radius 2 is 2.00 bits per heavy atom. The Balaban J connectivity index is 2.72. The van der Waals surface area contributed by atoms with Gasteiger partial charge in [0.25, 0.3) is 0 Å². The van der Waals surface area contributed by atoms with Crippen LogP contribution in [-0.2, 0) is 14.9 Å². The number of carbonyl (C=O) groups is 1. The molecule has 112 valence electrons. The lowest BCUT2D eigenvalue weighted by molar-refractivity contribution is 0.120. The highest BCUT2D eigenvalue weighted by atomic mass is 32.2. The second-order valence-electron chi connectivity index (χ2n) is 4.90. The number of amides is 1. The van der Waals surface area contributed by atoms with Gasteiger partial charge in [-0.1, -0.05) is 12.8 Å². The van der Waals surface area contributed by atoms with Crippen molar-refractivity contribution in [2.24, 2.45) is 5.73 Å². The molecule has 0 radical (unpaired) electrons. The number of nitrogens with two attached hydrogens (primary N) is 1. The highest BCUT2D eigenvalue weighted by molar-refractivity contribution is 7.87. The number of ether oxygens (including phenoxy) is 1. The first kappa shape index (κ1) is 16.2. The monoisotopic (exact) mass is 293 g/mol. The summed E-state index contributed by atoms with van der Waals surface area (Å²) in [5.41, 5.74) is 5.46. The molecule has 7 nitrogen and oxygen atoms in total. The smallest absolute Gasteiger partial charge is 0.422 e. The van der Waals surface area contributed by atoms with Gasteiger partial charge in [-0.05, 0) is 26.7 Å². The molecular weight excluding hydrogens is 270 g/mol. The first-order valence-corrected chi connectivity index (χ1v) is 8.01. The highest BCUT2D eigenvalue weighted by Gasteiger charge is 2.33. The summed E-state index contributed by atoms with van der Waals surface area (Å²) in [7, 11) is -3.88. The number of rotatable bonds is 6. The maximum Gasteiger partial charge on any atom is 0.422 e. The molecule has 0 aromatic heterocycles. The summed E-state index contributed by atoms with van der Waals surface area (Å²) in [5, 5.41) is 0. The quantitative estimate of drug-likeness (QED) is 0.745. The minimum atomic E-state index is -3.88. The Labute approximate surface area is 114 Å². The van der Waals surface area contributed by atoms with Crippen LogP contribution in [-0.4, -0.2) is 44.1 Å². The zero-order chi connectivity index (χ0) is 14.5. The van der Waals surface area contributed by atoms with E-state index in [0.717, 1.165) is 25.7 Å². The van der Waals surface area contributed by atoms with Crippen molar-refractivity contribution in [3.8, 4) is 0 Å². The van der Waals surface area contributed by atoms with E-state index in [-0.39, 0.29) is 25.2 Å². The second-order valence-corrected chi connectivity index (χ2v) is 6.52. The van der Waals surface area contributed by atoms with E-state index in [4.69, 9.17) is 10.5 Å². The van der Waals surface area contributed by atoms with Gasteiger partial charge in [-0.15, -0.1) is 0 Å². The average Bonchev–Trinajstić information content (AvgIpc) is 2.76. The van der Waals surface area contributed by atoms with E-state index < -0.39 is 16.3 Å².